The molecule has 0 radical (unpaired) electrons. The fourth-order valence-corrected chi connectivity index (χ4v) is 3.69. The number of carbonyl (C=O) groups is 1. The molecule has 1 N–H and O–H groups in total. The van der Waals surface area contributed by atoms with E-state index in [-0.39, 0.29) is 23.6 Å². The van der Waals surface area contributed by atoms with Gasteiger partial charge in [-0.05, 0) is 36.4 Å². The molecule has 3 heterocycles. The maximum atomic E-state index is 13.2. The third-order valence-electron chi connectivity index (χ3n) is 5.27. The molecule has 0 spiro atoms. The summed E-state index contributed by atoms with van der Waals surface area (Å²) < 4.78 is 20.8. The average molecular weight is 418 g/mol. The monoisotopic (exact) mass is 418 g/mol. The molecule has 0 bridgehead atoms. The molecule has 2 amide bonds. The number of nitrogens with zero attached hydrogens (tertiary/aromatic N) is 5. The van der Waals surface area contributed by atoms with Gasteiger partial charge in [-0.25, -0.2) is 9.18 Å². The Morgan fingerprint density at radius 2 is 1.81 bits per heavy atom. The van der Waals surface area contributed by atoms with Gasteiger partial charge in [0, 0.05) is 42.5 Å². The molecule has 156 valence electrons. The molecule has 8 nitrogen and oxygen atoms in total. The van der Waals surface area contributed by atoms with E-state index < -0.39 is 0 Å². The average Bonchev–Trinajstić information content (AvgIpc) is 3.40. The first kappa shape index (κ1) is 19.0. The number of halogens is 1. The summed E-state index contributed by atoms with van der Waals surface area (Å²) in [6.07, 6.45) is 0.667. The SMILES string of the molecule is Cn1nc(-c2nnc(-c3ccc(F)cc3)o2)c2c1CCN(C(=O)Nc1ccccc1)C2. The third-order valence-corrected chi connectivity index (χ3v) is 5.27. The van der Waals surface area contributed by atoms with Crippen LogP contribution in [0.4, 0.5) is 14.9 Å². The summed E-state index contributed by atoms with van der Waals surface area (Å²) in [6, 6.07) is 15.0. The molecular formula is C22H19FN6O2. The predicted molar refractivity (Wildman–Crippen MR) is 111 cm³/mol. The molecule has 0 saturated carbocycles. The van der Waals surface area contributed by atoms with Gasteiger partial charge in [0.1, 0.15) is 5.82 Å². The van der Waals surface area contributed by atoms with Crippen molar-refractivity contribution in [3.8, 4) is 23.0 Å². The van der Waals surface area contributed by atoms with Crippen LogP contribution in [-0.2, 0) is 20.0 Å². The van der Waals surface area contributed by atoms with Crippen molar-refractivity contribution in [1.82, 2.24) is 24.9 Å². The summed E-state index contributed by atoms with van der Waals surface area (Å²) in [7, 11) is 1.86. The van der Waals surface area contributed by atoms with Crippen LogP contribution in [0, 0.1) is 5.82 Å². The van der Waals surface area contributed by atoms with Crippen LogP contribution in [0.2, 0.25) is 0 Å². The Bertz CT molecular complexity index is 1230. The molecule has 31 heavy (non-hydrogen) atoms. The number of hydrogen-bond donors (Lipinski definition) is 1. The number of fused-ring (bicyclic) bond motifs is 1. The Morgan fingerprint density at radius 1 is 1.06 bits per heavy atom. The second-order valence-corrected chi connectivity index (χ2v) is 7.28. The first-order chi connectivity index (χ1) is 15.1. The van der Waals surface area contributed by atoms with Gasteiger partial charge in [0.15, 0.2) is 5.69 Å². The number of nitrogens with one attached hydrogen (secondary N) is 1. The zero-order chi connectivity index (χ0) is 21.4. The summed E-state index contributed by atoms with van der Waals surface area (Å²) in [5.74, 6) is 0.210. The van der Waals surface area contributed by atoms with Gasteiger partial charge < -0.3 is 14.6 Å². The largest absolute Gasteiger partial charge is 0.415 e. The number of hydrogen-bond acceptors (Lipinski definition) is 5. The van der Waals surface area contributed by atoms with Crippen LogP contribution in [-0.4, -0.2) is 37.5 Å². The summed E-state index contributed by atoms with van der Waals surface area (Å²) in [5, 5.41) is 15.7. The minimum absolute atomic E-state index is 0.177. The number of aromatic nitrogens is 4. The number of benzene rings is 2. The van der Waals surface area contributed by atoms with Crippen molar-refractivity contribution in [3.05, 3.63) is 71.7 Å². The Morgan fingerprint density at radius 3 is 2.58 bits per heavy atom. The van der Waals surface area contributed by atoms with Crippen LogP contribution in [0.3, 0.4) is 0 Å². The number of aryl methyl sites for hydroxylation is 1. The van der Waals surface area contributed by atoms with Crippen LogP contribution in [0.15, 0.2) is 59.0 Å². The molecule has 0 unspecified atom stereocenters. The highest BCUT2D eigenvalue weighted by Gasteiger charge is 2.29. The van der Waals surface area contributed by atoms with Crippen molar-refractivity contribution in [2.45, 2.75) is 13.0 Å². The second-order valence-electron chi connectivity index (χ2n) is 7.28. The molecule has 0 saturated heterocycles. The van der Waals surface area contributed by atoms with Gasteiger partial charge >= 0.3 is 6.03 Å². The lowest BCUT2D eigenvalue weighted by molar-refractivity contribution is 0.206. The number of anilines is 1. The highest BCUT2D eigenvalue weighted by molar-refractivity contribution is 5.89. The number of carbonyl (C=O) groups excluding carboxylic acids is 1. The first-order valence-corrected chi connectivity index (χ1v) is 9.84. The van der Waals surface area contributed by atoms with Gasteiger partial charge in [-0.1, -0.05) is 18.2 Å². The van der Waals surface area contributed by atoms with E-state index in [1.807, 2.05) is 37.4 Å². The van der Waals surface area contributed by atoms with E-state index in [2.05, 4.69) is 20.6 Å². The number of amides is 2. The first-order valence-electron chi connectivity index (χ1n) is 9.84. The van der Waals surface area contributed by atoms with Gasteiger partial charge in [-0.2, -0.15) is 5.10 Å². The molecule has 0 fully saturated rings. The van der Waals surface area contributed by atoms with Gasteiger partial charge in [-0.15, -0.1) is 10.2 Å². The van der Waals surface area contributed by atoms with Gasteiger partial charge in [0.2, 0.25) is 5.89 Å². The Labute approximate surface area is 177 Å². The number of rotatable bonds is 3. The standard InChI is InChI=1S/C22H19FN6O2/c1-28-18-11-12-29(22(30)24-16-5-3-2-4-6-16)13-17(18)19(27-28)21-26-25-20(31-21)14-7-9-15(23)10-8-14/h2-10H,11-13H2,1H3,(H,24,30). The lowest BCUT2D eigenvalue weighted by Crippen LogP contribution is -2.39. The molecule has 0 aliphatic carbocycles. The minimum atomic E-state index is -0.337. The maximum absolute atomic E-state index is 13.2. The van der Waals surface area contributed by atoms with Crippen molar-refractivity contribution < 1.29 is 13.6 Å². The fourth-order valence-electron chi connectivity index (χ4n) is 3.69. The van der Waals surface area contributed by atoms with Crippen molar-refractivity contribution in [2.24, 2.45) is 7.05 Å². The van der Waals surface area contributed by atoms with Crippen LogP contribution in [0.25, 0.3) is 23.0 Å². The zero-order valence-electron chi connectivity index (χ0n) is 16.7. The second kappa shape index (κ2) is 7.67. The van der Waals surface area contributed by atoms with E-state index in [1.54, 1.807) is 21.7 Å². The topological polar surface area (TPSA) is 89.1 Å². The van der Waals surface area contributed by atoms with E-state index in [0.717, 1.165) is 16.9 Å². The zero-order valence-corrected chi connectivity index (χ0v) is 16.7. The molecule has 9 heteroatoms. The molecule has 4 aromatic rings. The summed E-state index contributed by atoms with van der Waals surface area (Å²) >= 11 is 0. The molecule has 0 atom stereocenters. The fraction of sp³-hybridized carbons (Fsp3) is 0.182. The lowest BCUT2D eigenvalue weighted by Gasteiger charge is -2.27. The maximum Gasteiger partial charge on any atom is 0.322 e. The molecule has 2 aromatic carbocycles. The number of para-hydroxylation sites is 1. The van der Waals surface area contributed by atoms with Crippen LogP contribution in [0.1, 0.15) is 11.3 Å². The highest BCUT2D eigenvalue weighted by Crippen LogP contribution is 2.31. The molecule has 1 aliphatic rings. The molecule has 2 aromatic heterocycles. The molecule has 1 aliphatic heterocycles. The molecule has 5 rings (SSSR count). The van der Waals surface area contributed by atoms with Gasteiger partial charge in [-0.3, -0.25) is 4.68 Å². The Kier molecular flexibility index (Phi) is 4.70. The number of urea groups is 1. The van der Waals surface area contributed by atoms with E-state index in [1.165, 1.54) is 12.1 Å². The Hall–Kier alpha value is -4.01. The third kappa shape index (κ3) is 3.65. The van der Waals surface area contributed by atoms with Crippen LogP contribution >= 0.6 is 0 Å². The summed E-state index contributed by atoms with van der Waals surface area (Å²) in [6.45, 7) is 0.959. The van der Waals surface area contributed by atoms with Crippen molar-refractivity contribution >= 4 is 11.7 Å². The Balaban J connectivity index is 1.41. The lowest BCUT2D eigenvalue weighted by atomic mass is 10.1. The van der Waals surface area contributed by atoms with E-state index in [0.29, 0.717) is 30.8 Å². The smallest absolute Gasteiger partial charge is 0.322 e. The normalized spacial score (nSPS) is 13.2. The predicted octanol–water partition coefficient (Wildman–Crippen LogP) is 3.87. The van der Waals surface area contributed by atoms with Crippen molar-refractivity contribution in [3.63, 3.8) is 0 Å². The van der Waals surface area contributed by atoms with E-state index in [4.69, 9.17) is 4.42 Å². The van der Waals surface area contributed by atoms with Crippen LogP contribution in [0.5, 0.6) is 0 Å². The van der Waals surface area contributed by atoms with Crippen molar-refractivity contribution in [1.29, 1.82) is 0 Å². The van der Waals surface area contributed by atoms with Crippen LogP contribution < -0.4 is 5.32 Å². The van der Waals surface area contributed by atoms with Gasteiger partial charge in [0.05, 0.1) is 6.54 Å². The highest BCUT2D eigenvalue weighted by atomic mass is 19.1. The molecular weight excluding hydrogens is 399 g/mol. The summed E-state index contributed by atoms with van der Waals surface area (Å²) in [5.41, 5.74) is 3.82. The minimum Gasteiger partial charge on any atom is -0.415 e. The van der Waals surface area contributed by atoms with E-state index >= 15 is 0 Å². The van der Waals surface area contributed by atoms with Crippen molar-refractivity contribution in [2.75, 3.05) is 11.9 Å². The summed E-state index contributed by atoms with van der Waals surface area (Å²) in [4.78, 5) is 14.5. The van der Waals surface area contributed by atoms with E-state index in [9.17, 15) is 9.18 Å². The van der Waals surface area contributed by atoms with Gasteiger partial charge in [0.25, 0.3) is 5.89 Å². The quantitative estimate of drug-likeness (QED) is 0.546.